The summed E-state index contributed by atoms with van der Waals surface area (Å²) in [6, 6.07) is 0. The minimum absolute atomic E-state index is 0.0530. The van der Waals surface area contributed by atoms with Crippen molar-refractivity contribution in [3.63, 3.8) is 0 Å². The maximum absolute atomic E-state index is 10.6. The average Bonchev–Trinajstić information content (AvgIpc) is 2.38. The third kappa shape index (κ3) is 1.45. The fourth-order valence-corrected chi connectivity index (χ4v) is 1.00. The molecule has 0 aromatic carbocycles. The average molecular weight is 170 g/mol. The van der Waals surface area contributed by atoms with Gasteiger partial charge in [0, 0.05) is 12.1 Å². The van der Waals surface area contributed by atoms with Gasteiger partial charge in [0.2, 0.25) is 0 Å². The van der Waals surface area contributed by atoms with E-state index in [1.165, 1.54) is 6.20 Å². The summed E-state index contributed by atoms with van der Waals surface area (Å²) in [6.45, 7) is 1.71. The Kier molecular flexibility index (Phi) is 2.44. The Bertz CT molecular complexity index is 282. The van der Waals surface area contributed by atoms with Crippen LogP contribution in [0.4, 0.5) is 0 Å². The second-order valence-electron chi connectivity index (χ2n) is 2.46. The lowest BCUT2D eigenvalue weighted by atomic mass is 10.0. The van der Waals surface area contributed by atoms with Crippen LogP contribution in [0.5, 0.6) is 0 Å². The molecule has 1 aromatic rings. The fourth-order valence-electron chi connectivity index (χ4n) is 1.00. The van der Waals surface area contributed by atoms with Gasteiger partial charge in [-0.05, 0) is 6.92 Å². The molecule has 0 aliphatic heterocycles. The molecule has 12 heavy (non-hydrogen) atoms. The highest BCUT2D eigenvalue weighted by Gasteiger charge is 2.22. The van der Waals surface area contributed by atoms with Crippen LogP contribution < -0.4 is 5.73 Å². The van der Waals surface area contributed by atoms with Crippen molar-refractivity contribution in [1.82, 2.24) is 5.16 Å². The predicted molar refractivity (Wildman–Crippen MR) is 40.7 cm³/mol. The Labute approximate surface area is 69.2 Å². The number of carboxylic acid groups (broad SMARTS) is 1. The number of carboxylic acids is 1. The molecule has 0 amide bonds. The molecule has 3 N–H and O–H groups in total. The van der Waals surface area contributed by atoms with Gasteiger partial charge in [-0.2, -0.15) is 0 Å². The highest BCUT2D eigenvalue weighted by molar-refractivity contribution is 5.76. The molecule has 0 saturated heterocycles. The Morgan fingerprint density at radius 1 is 1.92 bits per heavy atom. The predicted octanol–water partition coefficient (Wildman–Crippen LogP) is 0.110. The van der Waals surface area contributed by atoms with Gasteiger partial charge in [0.25, 0.3) is 0 Å². The zero-order valence-corrected chi connectivity index (χ0v) is 6.65. The summed E-state index contributed by atoms with van der Waals surface area (Å²) in [7, 11) is 0. The standard InChI is InChI=1S/C7H10N2O3/c1-4-6(3-9-12-4)5(2-8)7(10)11/h3,5H,2,8H2,1H3,(H,10,11). The number of rotatable bonds is 3. The number of nitrogens with zero attached hydrogens (tertiary/aromatic N) is 1. The third-order valence-electron chi connectivity index (χ3n) is 1.70. The maximum atomic E-state index is 10.6. The first-order chi connectivity index (χ1) is 5.66. The van der Waals surface area contributed by atoms with Gasteiger partial charge in [-0.15, -0.1) is 0 Å². The van der Waals surface area contributed by atoms with Gasteiger partial charge in [-0.25, -0.2) is 0 Å². The van der Waals surface area contributed by atoms with E-state index in [0.29, 0.717) is 11.3 Å². The first-order valence-electron chi connectivity index (χ1n) is 3.51. The van der Waals surface area contributed by atoms with E-state index in [0.717, 1.165) is 0 Å². The second kappa shape index (κ2) is 3.36. The van der Waals surface area contributed by atoms with Crippen LogP contribution in [-0.4, -0.2) is 22.8 Å². The third-order valence-corrected chi connectivity index (χ3v) is 1.70. The number of nitrogens with two attached hydrogens (primary N) is 1. The van der Waals surface area contributed by atoms with Gasteiger partial charge < -0.3 is 15.4 Å². The molecule has 5 heteroatoms. The fraction of sp³-hybridized carbons (Fsp3) is 0.429. The molecule has 1 rings (SSSR count). The van der Waals surface area contributed by atoms with Crippen molar-refractivity contribution in [2.24, 2.45) is 5.73 Å². The van der Waals surface area contributed by atoms with E-state index in [1.807, 2.05) is 0 Å². The zero-order valence-electron chi connectivity index (χ0n) is 6.65. The molecule has 5 nitrogen and oxygen atoms in total. The molecule has 0 fully saturated rings. The molecule has 1 heterocycles. The Morgan fingerprint density at radius 2 is 2.58 bits per heavy atom. The van der Waals surface area contributed by atoms with Gasteiger partial charge >= 0.3 is 5.97 Å². The molecule has 1 aromatic heterocycles. The van der Waals surface area contributed by atoms with Gasteiger partial charge in [0.15, 0.2) is 0 Å². The highest BCUT2D eigenvalue weighted by atomic mass is 16.5. The molecule has 0 radical (unpaired) electrons. The van der Waals surface area contributed by atoms with Crippen molar-refractivity contribution in [3.05, 3.63) is 17.5 Å². The van der Waals surface area contributed by atoms with E-state index < -0.39 is 11.9 Å². The van der Waals surface area contributed by atoms with Crippen molar-refractivity contribution in [1.29, 1.82) is 0 Å². The highest BCUT2D eigenvalue weighted by Crippen LogP contribution is 2.18. The minimum Gasteiger partial charge on any atom is -0.481 e. The minimum atomic E-state index is -0.955. The number of hydrogen-bond donors (Lipinski definition) is 2. The lowest BCUT2D eigenvalue weighted by molar-refractivity contribution is -0.138. The van der Waals surface area contributed by atoms with E-state index in [-0.39, 0.29) is 6.54 Å². The van der Waals surface area contributed by atoms with E-state index in [1.54, 1.807) is 6.92 Å². The Morgan fingerprint density at radius 3 is 2.92 bits per heavy atom. The summed E-state index contributed by atoms with van der Waals surface area (Å²) < 4.78 is 4.73. The lowest BCUT2D eigenvalue weighted by Crippen LogP contribution is -2.21. The van der Waals surface area contributed by atoms with Crippen LogP contribution in [0.15, 0.2) is 10.7 Å². The van der Waals surface area contributed by atoms with Crippen LogP contribution in [0.25, 0.3) is 0 Å². The smallest absolute Gasteiger partial charge is 0.312 e. The van der Waals surface area contributed by atoms with Crippen LogP contribution in [0.1, 0.15) is 17.2 Å². The van der Waals surface area contributed by atoms with Crippen molar-refractivity contribution in [3.8, 4) is 0 Å². The van der Waals surface area contributed by atoms with E-state index >= 15 is 0 Å². The van der Waals surface area contributed by atoms with Crippen molar-refractivity contribution in [2.75, 3.05) is 6.54 Å². The quantitative estimate of drug-likeness (QED) is 0.672. The van der Waals surface area contributed by atoms with E-state index in [2.05, 4.69) is 5.16 Å². The normalized spacial score (nSPS) is 12.8. The summed E-state index contributed by atoms with van der Waals surface area (Å²) >= 11 is 0. The molecule has 0 spiro atoms. The van der Waals surface area contributed by atoms with Gasteiger partial charge in [-0.3, -0.25) is 4.79 Å². The monoisotopic (exact) mass is 170 g/mol. The molecule has 0 aliphatic rings. The summed E-state index contributed by atoms with van der Waals surface area (Å²) in [6.07, 6.45) is 1.39. The van der Waals surface area contributed by atoms with E-state index in [9.17, 15) is 4.79 Å². The molecular weight excluding hydrogens is 160 g/mol. The number of aliphatic carboxylic acids is 1. The number of carbonyl (C=O) groups is 1. The largest absolute Gasteiger partial charge is 0.481 e. The van der Waals surface area contributed by atoms with Crippen molar-refractivity contribution in [2.45, 2.75) is 12.8 Å². The van der Waals surface area contributed by atoms with Crippen LogP contribution in [0.3, 0.4) is 0 Å². The lowest BCUT2D eigenvalue weighted by Gasteiger charge is -2.05. The van der Waals surface area contributed by atoms with Crippen LogP contribution >= 0.6 is 0 Å². The van der Waals surface area contributed by atoms with Crippen LogP contribution in [0, 0.1) is 6.92 Å². The zero-order chi connectivity index (χ0) is 9.14. The summed E-state index contributed by atoms with van der Waals surface area (Å²) in [4.78, 5) is 10.6. The Hall–Kier alpha value is -1.36. The van der Waals surface area contributed by atoms with Gasteiger partial charge in [0.1, 0.15) is 5.76 Å². The Balaban J connectivity index is 2.94. The van der Waals surface area contributed by atoms with Gasteiger partial charge in [-0.1, -0.05) is 5.16 Å². The van der Waals surface area contributed by atoms with Crippen LogP contribution in [0.2, 0.25) is 0 Å². The van der Waals surface area contributed by atoms with Crippen LogP contribution in [-0.2, 0) is 4.79 Å². The second-order valence-corrected chi connectivity index (χ2v) is 2.46. The molecule has 0 bridgehead atoms. The molecule has 1 unspecified atom stereocenters. The summed E-state index contributed by atoms with van der Waals surface area (Å²) in [5.41, 5.74) is 5.83. The van der Waals surface area contributed by atoms with E-state index in [4.69, 9.17) is 15.4 Å². The molecule has 1 atom stereocenters. The van der Waals surface area contributed by atoms with Gasteiger partial charge in [0.05, 0.1) is 12.1 Å². The number of aromatic nitrogens is 1. The first kappa shape index (κ1) is 8.73. The summed E-state index contributed by atoms with van der Waals surface area (Å²) in [5, 5.41) is 12.2. The number of hydrogen-bond acceptors (Lipinski definition) is 4. The number of aryl methyl sites for hydroxylation is 1. The van der Waals surface area contributed by atoms with Crippen molar-refractivity contribution < 1.29 is 14.4 Å². The molecule has 0 saturated carbocycles. The van der Waals surface area contributed by atoms with Crippen molar-refractivity contribution >= 4 is 5.97 Å². The molecular formula is C7H10N2O3. The topological polar surface area (TPSA) is 89.4 Å². The molecule has 0 aliphatic carbocycles. The SMILES string of the molecule is Cc1oncc1C(CN)C(=O)O. The molecule has 66 valence electrons. The maximum Gasteiger partial charge on any atom is 0.312 e. The summed E-state index contributed by atoms with van der Waals surface area (Å²) in [5.74, 6) is -1.16. The first-order valence-corrected chi connectivity index (χ1v) is 3.51.